The Balaban J connectivity index is 1.71. The van der Waals surface area contributed by atoms with E-state index in [-0.39, 0.29) is 10.8 Å². The van der Waals surface area contributed by atoms with E-state index in [0.717, 1.165) is 5.69 Å². The van der Waals surface area contributed by atoms with Crippen molar-refractivity contribution in [3.63, 3.8) is 0 Å². The highest BCUT2D eigenvalue weighted by molar-refractivity contribution is 5.86. The van der Waals surface area contributed by atoms with Gasteiger partial charge in [-0.15, -0.1) is 0 Å². The summed E-state index contributed by atoms with van der Waals surface area (Å²) in [6.07, 6.45) is 2.50. The molecule has 3 aromatic carbocycles. The summed E-state index contributed by atoms with van der Waals surface area (Å²) in [7, 11) is 0. The zero-order chi connectivity index (χ0) is 17.7. The molecular weight excluding hydrogens is 302 g/mol. The fourth-order valence-corrected chi connectivity index (χ4v) is 4.10. The second-order valence-electron chi connectivity index (χ2n) is 8.72. The molecule has 0 saturated carbocycles. The summed E-state index contributed by atoms with van der Waals surface area (Å²) in [5, 5.41) is 6.16. The molecule has 0 radical (unpaired) electrons. The van der Waals surface area contributed by atoms with Crippen molar-refractivity contribution in [3.05, 3.63) is 71.8 Å². The Morgan fingerprint density at radius 2 is 1.24 bits per heavy atom. The van der Waals surface area contributed by atoms with Crippen molar-refractivity contribution in [2.24, 2.45) is 0 Å². The van der Waals surface area contributed by atoms with Gasteiger partial charge in [-0.25, -0.2) is 0 Å². The van der Waals surface area contributed by atoms with Gasteiger partial charge >= 0.3 is 0 Å². The highest BCUT2D eigenvalue weighted by atomic mass is 14.9. The summed E-state index contributed by atoms with van der Waals surface area (Å²) in [4.78, 5) is 0. The Morgan fingerprint density at radius 3 is 2.00 bits per heavy atom. The molecule has 0 aliphatic heterocycles. The van der Waals surface area contributed by atoms with E-state index in [2.05, 4.69) is 93.7 Å². The number of nitrogens with one attached hydrogen (secondary N) is 1. The molecule has 0 unspecified atom stereocenters. The smallest absolute Gasteiger partial charge is 0.0390 e. The van der Waals surface area contributed by atoms with Gasteiger partial charge in [0.1, 0.15) is 0 Å². The van der Waals surface area contributed by atoms with Gasteiger partial charge in [-0.3, -0.25) is 0 Å². The first-order valence-electron chi connectivity index (χ1n) is 9.26. The minimum absolute atomic E-state index is 0.242. The summed E-state index contributed by atoms with van der Waals surface area (Å²) in [6.45, 7) is 9.50. The second-order valence-corrected chi connectivity index (χ2v) is 8.72. The van der Waals surface area contributed by atoms with Gasteiger partial charge in [-0.1, -0.05) is 64.1 Å². The van der Waals surface area contributed by atoms with Crippen molar-refractivity contribution >= 4 is 22.1 Å². The van der Waals surface area contributed by atoms with Crippen LogP contribution in [0.4, 0.5) is 11.4 Å². The Kier molecular flexibility index (Phi) is 3.64. The second kappa shape index (κ2) is 5.62. The highest BCUT2D eigenvalue weighted by Gasteiger charge is 2.36. The maximum absolute atomic E-state index is 3.61. The van der Waals surface area contributed by atoms with Crippen LogP contribution < -0.4 is 5.32 Å². The third-order valence-electron chi connectivity index (χ3n) is 5.89. The maximum Gasteiger partial charge on any atom is 0.0390 e. The van der Waals surface area contributed by atoms with Crippen molar-refractivity contribution in [1.29, 1.82) is 0 Å². The summed E-state index contributed by atoms with van der Waals surface area (Å²) in [5.41, 5.74) is 5.84. The molecule has 0 spiro atoms. The average Bonchev–Trinajstić information content (AvgIpc) is 2.59. The third kappa shape index (κ3) is 2.93. The first kappa shape index (κ1) is 16.2. The van der Waals surface area contributed by atoms with Gasteiger partial charge in [-0.2, -0.15) is 0 Å². The van der Waals surface area contributed by atoms with Crippen LogP contribution in [0.3, 0.4) is 0 Å². The van der Waals surface area contributed by atoms with E-state index < -0.39 is 0 Å². The molecule has 4 rings (SSSR count). The van der Waals surface area contributed by atoms with Crippen molar-refractivity contribution in [1.82, 2.24) is 0 Å². The molecule has 0 aromatic heterocycles. The molecule has 1 nitrogen and oxygen atoms in total. The van der Waals surface area contributed by atoms with Gasteiger partial charge in [0, 0.05) is 11.4 Å². The maximum atomic E-state index is 3.61. The quantitative estimate of drug-likeness (QED) is 0.537. The van der Waals surface area contributed by atoms with Crippen LogP contribution in [0.2, 0.25) is 0 Å². The molecule has 0 heterocycles. The molecular formula is C24H27N. The largest absolute Gasteiger partial charge is 0.356 e. The van der Waals surface area contributed by atoms with Crippen LogP contribution >= 0.6 is 0 Å². The Morgan fingerprint density at radius 1 is 0.640 bits per heavy atom. The third-order valence-corrected chi connectivity index (χ3v) is 5.89. The van der Waals surface area contributed by atoms with Crippen LogP contribution in [-0.2, 0) is 10.8 Å². The molecule has 0 amide bonds. The van der Waals surface area contributed by atoms with Crippen molar-refractivity contribution in [2.45, 2.75) is 51.4 Å². The molecule has 0 saturated heterocycles. The van der Waals surface area contributed by atoms with E-state index in [1.165, 1.54) is 40.4 Å². The monoisotopic (exact) mass is 329 g/mol. The zero-order valence-corrected chi connectivity index (χ0v) is 15.7. The van der Waals surface area contributed by atoms with Gasteiger partial charge in [0.15, 0.2) is 0 Å². The van der Waals surface area contributed by atoms with Crippen LogP contribution in [0.1, 0.15) is 51.7 Å². The lowest BCUT2D eigenvalue weighted by molar-refractivity contribution is 0.332. The lowest BCUT2D eigenvalue weighted by Gasteiger charge is -2.42. The number of hydrogen-bond acceptors (Lipinski definition) is 1. The topological polar surface area (TPSA) is 12.0 Å². The molecule has 1 N–H and O–H groups in total. The lowest BCUT2D eigenvalue weighted by atomic mass is 9.63. The Hall–Kier alpha value is -2.28. The molecule has 1 aliphatic carbocycles. The summed E-state index contributed by atoms with van der Waals surface area (Å²) >= 11 is 0. The SMILES string of the molecule is CC1(C)CCC(C)(C)c2cc(Nc3ccc4ccccc4c3)ccc21. The average molecular weight is 329 g/mol. The van der Waals surface area contributed by atoms with Gasteiger partial charge < -0.3 is 5.32 Å². The first-order valence-corrected chi connectivity index (χ1v) is 9.26. The minimum atomic E-state index is 0.242. The van der Waals surface area contributed by atoms with E-state index in [0.29, 0.717) is 0 Å². The molecule has 3 aromatic rings. The minimum Gasteiger partial charge on any atom is -0.356 e. The first-order chi connectivity index (χ1) is 11.9. The van der Waals surface area contributed by atoms with Gasteiger partial charge in [-0.05, 0) is 69.8 Å². The number of rotatable bonds is 2. The molecule has 25 heavy (non-hydrogen) atoms. The Labute approximate surface area is 151 Å². The molecule has 0 atom stereocenters. The van der Waals surface area contributed by atoms with Crippen LogP contribution in [-0.4, -0.2) is 0 Å². The van der Waals surface area contributed by atoms with Gasteiger partial charge in [0.25, 0.3) is 0 Å². The number of hydrogen-bond donors (Lipinski definition) is 1. The summed E-state index contributed by atoms with van der Waals surface area (Å²) in [6, 6.07) is 22.0. The normalized spacial score (nSPS) is 17.9. The van der Waals surface area contributed by atoms with Crippen molar-refractivity contribution < 1.29 is 0 Å². The predicted octanol–water partition coefficient (Wildman–Crippen LogP) is 6.93. The molecule has 1 aliphatic rings. The fraction of sp³-hybridized carbons (Fsp3) is 0.333. The lowest BCUT2D eigenvalue weighted by Crippen LogP contribution is -2.33. The van der Waals surface area contributed by atoms with Crippen LogP contribution in [0.15, 0.2) is 60.7 Å². The Bertz CT molecular complexity index is 934. The predicted molar refractivity (Wildman–Crippen MR) is 109 cm³/mol. The van der Waals surface area contributed by atoms with E-state index in [4.69, 9.17) is 0 Å². The van der Waals surface area contributed by atoms with E-state index in [1.54, 1.807) is 0 Å². The summed E-state index contributed by atoms with van der Waals surface area (Å²) < 4.78 is 0. The number of fused-ring (bicyclic) bond motifs is 2. The van der Waals surface area contributed by atoms with Crippen LogP contribution in [0.5, 0.6) is 0 Å². The molecule has 1 heteroatoms. The van der Waals surface area contributed by atoms with E-state index in [9.17, 15) is 0 Å². The highest BCUT2D eigenvalue weighted by Crippen LogP contribution is 2.46. The molecule has 0 fully saturated rings. The van der Waals surface area contributed by atoms with E-state index >= 15 is 0 Å². The van der Waals surface area contributed by atoms with Crippen molar-refractivity contribution in [2.75, 3.05) is 5.32 Å². The number of anilines is 2. The molecule has 128 valence electrons. The van der Waals surface area contributed by atoms with Crippen LogP contribution in [0, 0.1) is 0 Å². The fourth-order valence-electron chi connectivity index (χ4n) is 4.10. The zero-order valence-electron chi connectivity index (χ0n) is 15.7. The van der Waals surface area contributed by atoms with Crippen LogP contribution in [0.25, 0.3) is 10.8 Å². The standard InChI is InChI=1S/C24H27N/c1-23(2)13-14-24(3,4)22-16-20(11-12-21(22)23)25-19-10-9-17-7-5-6-8-18(17)15-19/h5-12,15-16,25H,13-14H2,1-4H3. The summed E-state index contributed by atoms with van der Waals surface area (Å²) in [5.74, 6) is 0. The van der Waals surface area contributed by atoms with Gasteiger partial charge in [0.05, 0.1) is 0 Å². The number of benzene rings is 3. The van der Waals surface area contributed by atoms with Crippen molar-refractivity contribution in [3.8, 4) is 0 Å². The van der Waals surface area contributed by atoms with E-state index in [1.807, 2.05) is 0 Å². The van der Waals surface area contributed by atoms with Gasteiger partial charge in [0.2, 0.25) is 0 Å². The molecule has 0 bridgehead atoms.